The molecule has 1 unspecified atom stereocenters. The lowest BCUT2D eigenvalue weighted by molar-refractivity contribution is -0.110. The van der Waals surface area contributed by atoms with E-state index in [1.165, 1.54) is 10.9 Å². The number of nitrogens with two attached hydrogens (primary N) is 1. The third-order valence-corrected chi connectivity index (χ3v) is 1.24. The van der Waals surface area contributed by atoms with E-state index in [0.717, 1.165) is 6.29 Å². The Bertz CT molecular complexity index is 231. The van der Waals surface area contributed by atoms with Crippen LogP contribution in [-0.2, 0) is 4.79 Å². The summed E-state index contributed by atoms with van der Waals surface area (Å²) in [5.41, 5.74) is 5.95. The number of carbonyl (C=O) groups is 1. The van der Waals surface area contributed by atoms with Crippen LogP contribution < -0.4 is 5.73 Å². The van der Waals surface area contributed by atoms with Gasteiger partial charge in [0.05, 0.1) is 11.9 Å². The molecule has 1 aromatic heterocycles. The summed E-state index contributed by atoms with van der Waals surface area (Å²) in [7, 11) is 0. The first-order chi connectivity index (χ1) is 4.74. The number of carbonyl (C=O) groups excluding carboxylic acids is 1. The van der Waals surface area contributed by atoms with Crippen LogP contribution in [-0.4, -0.2) is 16.1 Å². The summed E-state index contributed by atoms with van der Waals surface area (Å²) >= 11 is 0. The molecule has 0 spiro atoms. The van der Waals surface area contributed by atoms with Crippen LogP contribution in [0.25, 0.3) is 0 Å². The van der Waals surface area contributed by atoms with Crippen molar-refractivity contribution in [2.75, 3.05) is 5.73 Å². The van der Waals surface area contributed by atoms with E-state index in [-0.39, 0.29) is 6.04 Å². The van der Waals surface area contributed by atoms with Crippen LogP contribution in [0.4, 0.5) is 5.69 Å². The number of anilines is 1. The molecule has 1 heterocycles. The van der Waals surface area contributed by atoms with Gasteiger partial charge in [-0.1, -0.05) is 0 Å². The summed E-state index contributed by atoms with van der Waals surface area (Å²) in [4.78, 5) is 10.2. The van der Waals surface area contributed by atoms with E-state index >= 15 is 0 Å². The average molecular weight is 139 g/mol. The molecule has 10 heavy (non-hydrogen) atoms. The predicted molar refractivity (Wildman–Crippen MR) is 37.4 cm³/mol. The van der Waals surface area contributed by atoms with Crippen LogP contribution in [0.1, 0.15) is 13.0 Å². The van der Waals surface area contributed by atoms with Crippen molar-refractivity contribution in [3.05, 3.63) is 12.4 Å². The van der Waals surface area contributed by atoms with Gasteiger partial charge in [-0.15, -0.1) is 0 Å². The minimum Gasteiger partial charge on any atom is -0.396 e. The van der Waals surface area contributed by atoms with E-state index in [0.29, 0.717) is 5.69 Å². The zero-order valence-corrected chi connectivity index (χ0v) is 5.69. The molecule has 2 N–H and O–H groups in total. The second-order valence-corrected chi connectivity index (χ2v) is 2.13. The minimum atomic E-state index is -0.225. The minimum absolute atomic E-state index is 0.225. The molecule has 0 saturated heterocycles. The van der Waals surface area contributed by atoms with Gasteiger partial charge in [0.15, 0.2) is 0 Å². The van der Waals surface area contributed by atoms with Crippen LogP contribution >= 0.6 is 0 Å². The molecule has 0 aromatic carbocycles. The third-order valence-electron chi connectivity index (χ3n) is 1.24. The Balaban J connectivity index is 2.84. The maximum atomic E-state index is 10.2. The molecule has 0 saturated carbocycles. The molecular formula is C6H9N3O. The van der Waals surface area contributed by atoms with E-state index in [1.807, 2.05) is 0 Å². The standard InChI is InChI=1S/C6H9N3O/c1-5(4-10)9-3-6(7)2-8-9/h2-5H,7H2,1H3. The fourth-order valence-corrected chi connectivity index (χ4v) is 0.638. The molecule has 1 atom stereocenters. The summed E-state index contributed by atoms with van der Waals surface area (Å²) in [6.45, 7) is 1.75. The highest BCUT2D eigenvalue weighted by Gasteiger charge is 2.01. The molecule has 54 valence electrons. The highest BCUT2D eigenvalue weighted by molar-refractivity contribution is 5.55. The molecule has 0 fully saturated rings. The number of hydrogen-bond acceptors (Lipinski definition) is 3. The Morgan fingerprint density at radius 3 is 3.00 bits per heavy atom. The van der Waals surface area contributed by atoms with Gasteiger partial charge in [0.1, 0.15) is 12.3 Å². The Morgan fingerprint density at radius 1 is 1.90 bits per heavy atom. The van der Waals surface area contributed by atoms with Crippen molar-refractivity contribution in [1.29, 1.82) is 0 Å². The van der Waals surface area contributed by atoms with Crippen LogP contribution in [0, 0.1) is 0 Å². The van der Waals surface area contributed by atoms with E-state index in [9.17, 15) is 4.79 Å². The topological polar surface area (TPSA) is 60.9 Å². The smallest absolute Gasteiger partial charge is 0.144 e. The number of rotatable bonds is 2. The zero-order valence-electron chi connectivity index (χ0n) is 5.69. The van der Waals surface area contributed by atoms with Crippen molar-refractivity contribution < 1.29 is 4.79 Å². The summed E-state index contributed by atoms with van der Waals surface area (Å²) < 4.78 is 1.52. The first-order valence-electron chi connectivity index (χ1n) is 2.99. The Hall–Kier alpha value is -1.32. The molecule has 1 rings (SSSR count). The Labute approximate surface area is 58.6 Å². The molecule has 0 aliphatic heterocycles. The van der Waals surface area contributed by atoms with Crippen molar-refractivity contribution in [3.63, 3.8) is 0 Å². The SMILES string of the molecule is CC(C=O)n1cc(N)cn1. The van der Waals surface area contributed by atoms with Gasteiger partial charge in [0, 0.05) is 6.20 Å². The first-order valence-corrected chi connectivity index (χ1v) is 2.99. The lowest BCUT2D eigenvalue weighted by Crippen LogP contribution is -2.05. The molecule has 0 bridgehead atoms. The Morgan fingerprint density at radius 2 is 2.60 bits per heavy atom. The van der Waals surface area contributed by atoms with Crippen molar-refractivity contribution in [1.82, 2.24) is 9.78 Å². The number of hydrogen-bond donors (Lipinski definition) is 1. The third kappa shape index (κ3) is 1.15. The van der Waals surface area contributed by atoms with Crippen LogP contribution in [0.3, 0.4) is 0 Å². The van der Waals surface area contributed by atoms with E-state index < -0.39 is 0 Å². The fraction of sp³-hybridized carbons (Fsp3) is 0.333. The lowest BCUT2D eigenvalue weighted by atomic mass is 10.4. The number of aldehydes is 1. The molecule has 4 nitrogen and oxygen atoms in total. The predicted octanol–water partition coefficient (Wildman–Crippen LogP) is 0.225. The fourth-order valence-electron chi connectivity index (χ4n) is 0.638. The monoisotopic (exact) mass is 139 g/mol. The molecular weight excluding hydrogens is 130 g/mol. The van der Waals surface area contributed by atoms with Gasteiger partial charge in [-0.2, -0.15) is 5.10 Å². The highest BCUT2D eigenvalue weighted by Crippen LogP contribution is 2.03. The van der Waals surface area contributed by atoms with Gasteiger partial charge in [-0.25, -0.2) is 0 Å². The van der Waals surface area contributed by atoms with Gasteiger partial charge in [-0.05, 0) is 6.92 Å². The van der Waals surface area contributed by atoms with Gasteiger partial charge < -0.3 is 10.5 Å². The maximum Gasteiger partial charge on any atom is 0.144 e. The van der Waals surface area contributed by atoms with Gasteiger partial charge in [0.2, 0.25) is 0 Å². The summed E-state index contributed by atoms with van der Waals surface area (Å²) in [5.74, 6) is 0. The summed E-state index contributed by atoms with van der Waals surface area (Å²) in [6.07, 6.45) is 3.95. The average Bonchev–Trinajstić information content (AvgIpc) is 2.34. The first kappa shape index (κ1) is 6.80. The second-order valence-electron chi connectivity index (χ2n) is 2.13. The van der Waals surface area contributed by atoms with Crippen molar-refractivity contribution in [2.24, 2.45) is 0 Å². The second kappa shape index (κ2) is 2.51. The van der Waals surface area contributed by atoms with E-state index in [4.69, 9.17) is 5.73 Å². The van der Waals surface area contributed by atoms with E-state index in [2.05, 4.69) is 5.10 Å². The molecule has 0 amide bonds. The number of nitrogen functional groups attached to an aromatic ring is 1. The van der Waals surface area contributed by atoms with Crippen molar-refractivity contribution >= 4 is 12.0 Å². The van der Waals surface area contributed by atoms with Crippen LogP contribution in [0.15, 0.2) is 12.4 Å². The largest absolute Gasteiger partial charge is 0.396 e. The quantitative estimate of drug-likeness (QED) is 0.596. The van der Waals surface area contributed by atoms with Crippen molar-refractivity contribution in [2.45, 2.75) is 13.0 Å². The van der Waals surface area contributed by atoms with Gasteiger partial charge in [0.25, 0.3) is 0 Å². The normalized spacial score (nSPS) is 12.9. The molecule has 1 aromatic rings. The number of nitrogens with zero attached hydrogens (tertiary/aromatic N) is 2. The number of aromatic nitrogens is 2. The van der Waals surface area contributed by atoms with Gasteiger partial charge >= 0.3 is 0 Å². The lowest BCUT2D eigenvalue weighted by Gasteiger charge is -2.00. The maximum absolute atomic E-state index is 10.2. The van der Waals surface area contributed by atoms with Crippen molar-refractivity contribution in [3.8, 4) is 0 Å². The molecule has 0 aliphatic rings. The van der Waals surface area contributed by atoms with Crippen LogP contribution in [0.5, 0.6) is 0 Å². The molecule has 4 heteroatoms. The summed E-state index contributed by atoms with van der Waals surface area (Å²) in [6, 6.07) is -0.225. The zero-order chi connectivity index (χ0) is 7.56. The molecule has 0 radical (unpaired) electrons. The molecule has 0 aliphatic carbocycles. The van der Waals surface area contributed by atoms with Gasteiger partial charge in [-0.3, -0.25) is 4.68 Å². The highest BCUT2D eigenvalue weighted by atomic mass is 16.1. The summed E-state index contributed by atoms with van der Waals surface area (Å²) in [5, 5.41) is 3.85. The Kier molecular flexibility index (Phi) is 1.71. The van der Waals surface area contributed by atoms with Crippen LogP contribution in [0.2, 0.25) is 0 Å². The van der Waals surface area contributed by atoms with E-state index in [1.54, 1.807) is 13.1 Å².